The average Bonchev–Trinajstić information content (AvgIpc) is 2.87. The van der Waals surface area contributed by atoms with Gasteiger partial charge in [-0.3, -0.25) is 9.78 Å². The number of rotatable bonds is 5. The highest BCUT2D eigenvalue weighted by atomic mass is 32.1. The lowest BCUT2D eigenvalue weighted by Gasteiger charge is -2.13. The number of aryl methyl sites for hydroxylation is 1. The van der Waals surface area contributed by atoms with Crippen LogP contribution in [0.1, 0.15) is 39.0 Å². The maximum atomic E-state index is 12.2. The fourth-order valence-electron chi connectivity index (χ4n) is 1.92. The Morgan fingerprint density at radius 2 is 2.23 bits per heavy atom. The lowest BCUT2D eigenvalue weighted by atomic mass is 10.3. The highest BCUT2D eigenvalue weighted by Crippen LogP contribution is 2.21. The molecule has 1 unspecified atom stereocenters. The number of hydrogen-bond donors (Lipinski definition) is 2. The van der Waals surface area contributed by atoms with Gasteiger partial charge in [-0.05, 0) is 26.0 Å². The zero-order valence-corrected chi connectivity index (χ0v) is 14.1. The summed E-state index contributed by atoms with van der Waals surface area (Å²) in [6, 6.07) is 3.70. The molecule has 2 heterocycles. The summed E-state index contributed by atoms with van der Waals surface area (Å²) in [6.07, 6.45) is 1.74. The largest absolute Gasteiger partial charge is 0.378 e. The number of carbonyl (C=O) groups is 1. The molecule has 6 nitrogen and oxygen atoms in total. The van der Waals surface area contributed by atoms with E-state index < -0.39 is 0 Å². The Bertz CT molecular complexity index is 666. The molecule has 0 saturated heterocycles. The summed E-state index contributed by atoms with van der Waals surface area (Å²) in [5, 5.41) is 3.63. The van der Waals surface area contributed by atoms with Gasteiger partial charge >= 0.3 is 0 Å². The minimum absolute atomic E-state index is 0.163. The van der Waals surface area contributed by atoms with Crippen LogP contribution in [0.15, 0.2) is 18.3 Å². The summed E-state index contributed by atoms with van der Waals surface area (Å²) in [5.74, 6) is -0.197. The smallest absolute Gasteiger partial charge is 0.271 e. The maximum Gasteiger partial charge on any atom is 0.271 e. The van der Waals surface area contributed by atoms with Gasteiger partial charge in [-0.15, -0.1) is 11.3 Å². The molecular formula is C15H21N5OS. The van der Waals surface area contributed by atoms with Crippen LogP contribution in [0, 0.1) is 6.92 Å². The summed E-state index contributed by atoms with van der Waals surface area (Å²) >= 11 is 1.46. The lowest BCUT2D eigenvalue weighted by Crippen LogP contribution is -2.24. The third-order valence-corrected chi connectivity index (χ3v) is 4.34. The van der Waals surface area contributed by atoms with E-state index in [1.54, 1.807) is 6.20 Å². The van der Waals surface area contributed by atoms with Crippen molar-refractivity contribution in [1.29, 1.82) is 0 Å². The van der Waals surface area contributed by atoms with Gasteiger partial charge in [0.25, 0.3) is 5.91 Å². The Morgan fingerprint density at radius 1 is 1.50 bits per heavy atom. The molecule has 2 aromatic rings. The van der Waals surface area contributed by atoms with Gasteiger partial charge in [0.1, 0.15) is 10.7 Å². The van der Waals surface area contributed by atoms with Crippen LogP contribution in [-0.4, -0.2) is 30.0 Å². The molecule has 2 aromatic heterocycles. The number of hydrogen-bond acceptors (Lipinski definition) is 6. The second-order valence-corrected chi connectivity index (χ2v) is 6.56. The summed E-state index contributed by atoms with van der Waals surface area (Å²) in [5.41, 5.74) is 8.10. The van der Waals surface area contributed by atoms with Crippen molar-refractivity contribution in [3.05, 3.63) is 39.6 Å². The van der Waals surface area contributed by atoms with E-state index in [1.165, 1.54) is 11.3 Å². The topological polar surface area (TPSA) is 84.1 Å². The number of nitrogens with one attached hydrogen (secondary N) is 1. The molecular weight excluding hydrogens is 298 g/mol. The first-order chi connectivity index (χ1) is 10.4. The summed E-state index contributed by atoms with van der Waals surface area (Å²) in [7, 11) is 3.93. The first-order valence-corrected chi connectivity index (χ1v) is 7.83. The molecule has 0 aromatic carbocycles. The summed E-state index contributed by atoms with van der Waals surface area (Å²) < 4.78 is 0. The van der Waals surface area contributed by atoms with E-state index in [0.717, 1.165) is 21.3 Å². The van der Waals surface area contributed by atoms with Crippen molar-refractivity contribution >= 4 is 22.9 Å². The van der Waals surface area contributed by atoms with Crippen molar-refractivity contribution in [3.8, 4) is 0 Å². The zero-order chi connectivity index (χ0) is 16.3. The predicted octanol–water partition coefficient (Wildman–Crippen LogP) is 1.86. The van der Waals surface area contributed by atoms with Crippen LogP contribution in [0.3, 0.4) is 0 Å². The molecule has 0 spiro atoms. The molecule has 0 saturated carbocycles. The van der Waals surface area contributed by atoms with Crippen LogP contribution >= 0.6 is 11.3 Å². The number of thiazole rings is 1. The Balaban J connectivity index is 2.05. The third-order valence-electron chi connectivity index (χ3n) is 3.16. The van der Waals surface area contributed by atoms with E-state index in [-0.39, 0.29) is 11.9 Å². The first kappa shape index (κ1) is 16.4. The van der Waals surface area contributed by atoms with E-state index in [4.69, 9.17) is 5.73 Å². The van der Waals surface area contributed by atoms with E-state index >= 15 is 0 Å². The first-order valence-electron chi connectivity index (χ1n) is 7.02. The van der Waals surface area contributed by atoms with Crippen LogP contribution < -0.4 is 16.0 Å². The van der Waals surface area contributed by atoms with Crippen molar-refractivity contribution in [2.45, 2.75) is 26.4 Å². The number of amides is 1. The van der Waals surface area contributed by atoms with E-state index in [9.17, 15) is 4.79 Å². The highest BCUT2D eigenvalue weighted by molar-refractivity contribution is 7.11. The second-order valence-electron chi connectivity index (χ2n) is 5.33. The minimum Gasteiger partial charge on any atom is -0.378 e. The molecule has 7 heteroatoms. The number of aromatic nitrogens is 2. The molecule has 0 radical (unpaired) electrons. The van der Waals surface area contributed by atoms with Gasteiger partial charge in [0.15, 0.2) is 0 Å². The average molecular weight is 319 g/mol. The Kier molecular flexibility index (Phi) is 5.10. The van der Waals surface area contributed by atoms with Gasteiger partial charge in [-0.2, -0.15) is 0 Å². The van der Waals surface area contributed by atoms with E-state index in [0.29, 0.717) is 12.2 Å². The molecule has 0 aliphatic rings. The predicted molar refractivity (Wildman–Crippen MR) is 89.2 cm³/mol. The van der Waals surface area contributed by atoms with Crippen LogP contribution in [0.5, 0.6) is 0 Å². The van der Waals surface area contributed by atoms with Crippen LogP contribution in [0.2, 0.25) is 0 Å². The van der Waals surface area contributed by atoms with Crippen molar-refractivity contribution in [2.24, 2.45) is 5.73 Å². The van der Waals surface area contributed by atoms with E-state index in [2.05, 4.69) is 15.3 Å². The number of pyridine rings is 1. The Hall–Kier alpha value is -1.99. The van der Waals surface area contributed by atoms with Crippen LogP contribution in [0.25, 0.3) is 0 Å². The summed E-state index contributed by atoms with van der Waals surface area (Å²) in [6.45, 7) is 4.10. The monoisotopic (exact) mass is 319 g/mol. The van der Waals surface area contributed by atoms with Gasteiger partial charge < -0.3 is 16.0 Å². The minimum atomic E-state index is -0.197. The molecule has 0 aliphatic heterocycles. The molecule has 0 aliphatic carbocycles. The van der Waals surface area contributed by atoms with Gasteiger partial charge in [-0.25, -0.2) is 4.98 Å². The standard InChI is InChI=1S/C15H21N5OS/c1-9(16)15-19-13(10(2)22-15)14(21)18-8-11-7-12(20(3)4)5-6-17-11/h5-7,9H,8,16H2,1-4H3,(H,18,21). The zero-order valence-electron chi connectivity index (χ0n) is 13.3. The third kappa shape index (κ3) is 3.80. The second kappa shape index (κ2) is 6.85. The number of anilines is 1. The molecule has 1 atom stereocenters. The quantitative estimate of drug-likeness (QED) is 0.879. The normalized spacial score (nSPS) is 12.0. The van der Waals surface area contributed by atoms with Gasteiger partial charge in [0, 0.05) is 30.9 Å². The molecule has 0 bridgehead atoms. The fourth-order valence-corrected chi connectivity index (χ4v) is 2.79. The van der Waals surface area contributed by atoms with E-state index in [1.807, 2.05) is 45.0 Å². The van der Waals surface area contributed by atoms with Crippen molar-refractivity contribution in [2.75, 3.05) is 19.0 Å². The molecule has 1 amide bonds. The lowest BCUT2D eigenvalue weighted by molar-refractivity contribution is 0.0945. The van der Waals surface area contributed by atoms with Gasteiger partial charge in [0.05, 0.1) is 18.3 Å². The van der Waals surface area contributed by atoms with Gasteiger partial charge in [-0.1, -0.05) is 0 Å². The maximum absolute atomic E-state index is 12.2. The Morgan fingerprint density at radius 3 is 2.82 bits per heavy atom. The van der Waals surface area contributed by atoms with Crippen LogP contribution in [-0.2, 0) is 6.54 Å². The van der Waals surface area contributed by atoms with Crippen molar-refractivity contribution < 1.29 is 4.79 Å². The fraction of sp³-hybridized carbons (Fsp3) is 0.400. The molecule has 0 fully saturated rings. The van der Waals surface area contributed by atoms with Gasteiger partial charge in [0.2, 0.25) is 0 Å². The number of carbonyl (C=O) groups excluding carboxylic acids is 1. The molecule has 3 N–H and O–H groups in total. The number of nitrogens with zero attached hydrogens (tertiary/aromatic N) is 3. The Labute approximate surface area is 134 Å². The van der Waals surface area contributed by atoms with Crippen molar-refractivity contribution in [1.82, 2.24) is 15.3 Å². The molecule has 22 heavy (non-hydrogen) atoms. The molecule has 2 rings (SSSR count). The van der Waals surface area contributed by atoms with Crippen molar-refractivity contribution in [3.63, 3.8) is 0 Å². The highest BCUT2D eigenvalue weighted by Gasteiger charge is 2.17. The van der Waals surface area contributed by atoms with Crippen LogP contribution in [0.4, 0.5) is 5.69 Å². The summed E-state index contributed by atoms with van der Waals surface area (Å²) in [4.78, 5) is 23.7. The molecule has 118 valence electrons. The number of nitrogens with two attached hydrogens (primary N) is 1. The SMILES string of the molecule is Cc1sc(C(C)N)nc1C(=O)NCc1cc(N(C)C)ccn1.